The maximum absolute atomic E-state index is 12.2. The van der Waals surface area contributed by atoms with E-state index in [4.69, 9.17) is 0 Å². The summed E-state index contributed by atoms with van der Waals surface area (Å²) in [5.74, 6) is 0.886. The Morgan fingerprint density at radius 1 is 1.20 bits per heavy atom. The topological polar surface area (TPSA) is 74.8 Å². The number of hydrogen-bond acceptors (Lipinski definition) is 3. The highest BCUT2D eigenvalue weighted by molar-refractivity contribution is 7.92. The van der Waals surface area contributed by atoms with Crippen molar-refractivity contribution < 1.29 is 8.42 Å². The molecule has 1 heterocycles. The highest BCUT2D eigenvalue weighted by Gasteiger charge is 2.22. The van der Waals surface area contributed by atoms with Gasteiger partial charge in [-0.05, 0) is 30.9 Å². The van der Waals surface area contributed by atoms with Gasteiger partial charge in [0.25, 0.3) is 0 Å². The zero-order valence-corrected chi connectivity index (χ0v) is 12.1. The Bertz CT molecular complexity index is 687. The number of sulfonamides is 1. The second-order valence-corrected chi connectivity index (χ2v) is 7.27. The van der Waals surface area contributed by atoms with Crippen LogP contribution in [0.4, 0.5) is 5.82 Å². The molecule has 0 radical (unpaired) electrons. The van der Waals surface area contributed by atoms with Gasteiger partial charge in [0.1, 0.15) is 0 Å². The maximum Gasteiger partial charge on any atom is 0.234 e. The van der Waals surface area contributed by atoms with E-state index in [1.165, 1.54) is 6.42 Å². The largest absolute Gasteiger partial charge is 0.276 e. The smallest absolute Gasteiger partial charge is 0.234 e. The quantitative estimate of drug-likeness (QED) is 0.910. The predicted molar refractivity (Wildman–Crippen MR) is 80.1 cm³/mol. The van der Waals surface area contributed by atoms with Crippen molar-refractivity contribution in [3.8, 4) is 0 Å². The van der Waals surface area contributed by atoms with Crippen LogP contribution in [0.5, 0.6) is 0 Å². The molecule has 2 aromatic rings. The van der Waals surface area contributed by atoms with Crippen LogP contribution in [0.25, 0.3) is 10.9 Å². The fourth-order valence-electron chi connectivity index (χ4n) is 2.89. The van der Waals surface area contributed by atoms with Crippen LogP contribution < -0.4 is 4.72 Å². The van der Waals surface area contributed by atoms with Crippen LogP contribution in [-0.4, -0.2) is 24.4 Å². The Morgan fingerprint density at radius 2 is 1.95 bits per heavy atom. The summed E-state index contributed by atoms with van der Waals surface area (Å²) in [5, 5.41) is 7.70. The van der Waals surface area contributed by atoms with Crippen LogP contribution in [0.2, 0.25) is 0 Å². The molecule has 108 valence electrons. The third-order valence-electron chi connectivity index (χ3n) is 3.90. The summed E-state index contributed by atoms with van der Waals surface area (Å²) in [7, 11) is -3.33. The lowest BCUT2D eigenvalue weighted by molar-refractivity contribution is 0.385. The Morgan fingerprint density at radius 3 is 2.75 bits per heavy atom. The molecule has 0 spiro atoms. The molecule has 0 atom stereocenters. The minimum atomic E-state index is -3.33. The molecule has 20 heavy (non-hydrogen) atoms. The van der Waals surface area contributed by atoms with Crippen molar-refractivity contribution >= 4 is 26.7 Å². The van der Waals surface area contributed by atoms with E-state index in [1.54, 1.807) is 0 Å². The molecule has 3 rings (SSSR count). The molecule has 1 saturated carbocycles. The lowest BCUT2D eigenvalue weighted by Crippen LogP contribution is -2.24. The van der Waals surface area contributed by atoms with E-state index in [9.17, 15) is 8.42 Å². The highest BCUT2D eigenvalue weighted by Crippen LogP contribution is 2.26. The number of benzene rings is 1. The van der Waals surface area contributed by atoms with Crippen molar-refractivity contribution in [1.29, 1.82) is 0 Å². The van der Waals surface area contributed by atoms with Gasteiger partial charge in [0.05, 0.1) is 11.3 Å². The van der Waals surface area contributed by atoms with Gasteiger partial charge in [0.2, 0.25) is 10.0 Å². The van der Waals surface area contributed by atoms with E-state index >= 15 is 0 Å². The van der Waals surface area contributed by atoms with E-state index in [1.807, 2.05) is 24.3 Å². The zero-order valence-electron chi connectivity index (χ0n) is 11.3. The maximum atomic E-state index is 12.2. The molecule has 0 aliphatic heterocycles. The van der Waals surface area contributed by atoms with Gasteiger partial charge in [-0.25, -0.2) is 8.42 Å². The highest BCUT2D eigenvalue weighted by atomic mass is 32.2. The van der Waals surface area contributed by atoms with E-state index in [-0.39, 0.29) is 11.7 Å². The molecular formula is C14H19N3O2S. The summed E-state index contributed by atoms with van der Waals surface area (Å²) in [6, 6.07) is 7.50. The average molecular weight is 293 g/mol. The number of fused-ring (bicyclic) bond motifs is 1. The third-order valence-corrected chi connectivity index (χ3v) is 5.32. The zero-order chi connectivity index (χ0) is 14.0. The van der Waals surface area contributed by atoms with Crippen molar-refractivity contribution in [3.05, 3.63) is 24.3 Å². The Kier molecular flexibility index (Phi) is 3.65. The molecule has 1 aliphatic carbocycles. The Balaban J connectivity index is 1.75. The number of rotatable bonds is 4. The molecule has 0 unspecified atom stereocenters. The average Bonchev–Trinajstić information content (AvgIpc) is 2.82. The lowest BCUT2D eigenvalue weighted by Gasteiger charge is -2.21. The van der Waals surface area contributed by atoms with Gasteiger partial charge in [0.15, 0.2) is 5.82 Å². The van der Waals surface area contributed by atoms with E-state index in [0.29, 0.717) is 5.82 Å². The van der Waals surface area contributed by atoms with Gasteiger partial charge in [0, 0.05) is 5.39 Å². The molecule has 1 fully saturated rings. The normalized spacial score (nSPS) is 17.4. The van der Waals surface area contributed by atoms with Crippen LogP contribution >= 0.6 is 0 Å². The fraction of sp³-hybridized carbons (Fsp3) is 0.500. The van der Waals surface area contributed by atoms with Gasteiger partial charge < -0.3 is 0 Å². The molecule has 1 aliphatic rings. The van der Waals surface area contributed by atoms with Crippen molar-refractivity contribution in [2.75, 3.05) is 10.5 Å². The first-order valence-corrected chi connectivity index (χ1v) is 8.73. The second-order valence-electron chi connectivity index (χ2n) is 5.51. The number of aromatic nitrogens is 2. The van der Waals surface area contributed by atoms with Crippen LogP contribution in [0.15, 0.2) is 24.3 Å². The van der Waals surface area contributed by atoms with Gasteiger partial charge in [-0.3, -0.25) is 9.82 Å². The van der Waals surface area contributed by atoms with Crippen molar-refractivity contribution in [3.63, 3.8) is 0 Å². The number of aromatic amines is 1. The Hall–Kier alpha value is -1.56. The molecular weight excluding hydrogens is 274 g/mol. The molecule has 5 nitrogen and oxygen atoms in total. The molecule has 1 aromatic heterocycles. The Labute approximate surface area is 118 Å². The number of hydrogen-bond donors (Lipinski definition) is 2. The molecule has 0 amide bonds. The van der Waals surface area contributed by atoms with Gasteiger partial charge in [-0.1, -0.05) is 31.4 Å². The van der Waals surface area contributed by atoms with E-state index < -0.39 is 10.0 Å². The molecule has 6 heteroatoms. The summed E-state index contributed by atoms with van der Waals surface area (Å²) >= 11 is 0. The molecule has 2 N–H and O–H groups in total. The van der Waals surface area contributed by atoms with Crippen molar-refractivity contribution in [2.45, 2.75) is 32.1 Å². The molecule has 0 bridgehead atoms. The molecule has 1 aromatic carbocycles. The van der Waals surface area contributed by atoms with Gasteiger partial charge >= 0.3 is 0 Å². The number of nitrogens with zero attached hydrogens (tertiary/aromatic N) is 1. The third kappa shape index (κ3) is 2.95. The van der Waals surface area contributed by atoms with Crippen LogP contribution in [0, 0.1) is 5.92 Å². The van der Waals surface area contributed by atoms with E-state index in [2.05, 4.69) is 14.9 Å². The first kappa shape index (κ1) is 13.4. The lowest BCUT2D eigenvalue weighted by atomic mass is 9.91. The summed E-state index contributed by atoms with van der Waals surface area (Å²) in [6.45, 7) is 0. The minimum Gasteiger partial charge on any atom is -0.276 e. The summed E-state index contributed by atoms with van der Waals surface area (Å²) in [6.07, 6.45) is 5.55. The number of nitrogens with one attached hydrogen (secondary N) is 2. The summed E-state index contributed by atoms with van der Waals surface area (Å²) in [4.78, 5) is 0. The number of anilines is 1. The van der Waals surface area contributed by atoms with Gasteiger partial charge in [-0.15, -0.1) is 0 Å². The monoisotopic (exact) mass is 293 g/mol. The number of para-hydroxylation sites is 1. The van der Waals surface area contributed by atoms with Crippen molar-refractivity contribution in [2.24, 2.45) is 5.92 Å². The van der Waals surface area contributed by atoms with Crippen LogP contribution in [0.3, 0.4) is 0 Å². The summed E-state index contributed by atoms with van der Waals surface area (Å²) in [5.41, 5.74) is 0.836. The van der Waals surface area contributed by atoms with Crippen LogP contribution in [-0.2, 0) is 10.0 Å². The van der Waals surface area contributed by atoms with Crippen molar-refractivity contribution in [1.82, 2.24) is 10.2 Å². The number of H-pyrrole nitrogens is 1. The van der Waals surface area contributed by atoms with E-state index in [0.717, 1.165) is 36.6 Å². The fourth-order valence-corrected chi connectivity index (χ4v) is 4.38. The predicted octanol–water partition coefficient (Wildman–Crippen LogP) is 2.88. The first-order valence-electron chi connectivity index (χ1n) is 7.08. The molecule has 0 saturated heterocycles. The minimum absolute atomic E-state index is 0.203. The second kappa shape index (κ2) is 5.44. The van der Waals surface area contributed by atoms with Crippen LogP contribution in [0.1, 0.15) is 32.1 Å². The van der Waals surface area contributed by atoms with Gasteiger partial charge in [-0.2, -0.15) is 5.10 Å². The SMILES string of the molecule is O=S(=O)(CC1CCCCC1)Nc1n[nH]c2ccccc12. The standard InChI is InChI=1S/C14H19N3O2S/c18-20(19,10-11-6-2-1-3-7-11)17-14-12-8-4-5-9-13(12)15-16-14/h4-5,8-9,11H,1-3,6-7,10H2,(H2,15,16,17). The summed E-state index contributed by atoms with van der Waals surface area (Å²) < 4.78 is 27.1. The first-order chi connectivity index (χ1) is 9.64.